The molecular formula is C9H8F2N2O. The van der Waals surface area contributed by atoms with Gasteiger partial charge in [-0.2, -0.15) is 0 Å². The van der Waals surface area contributed by atoms with E-state index in [1.807, 2.05) is 0 Å². The molecule has 2 rings (SSSR count). The molecule has 74 valence electrons. The topological polar surface area (TPSA) is 32.3 Å². The number of amides is 1. The molecule has 0 saturated carbocycles. The second-order valence-corrected chi connectivity index (χ2v) is 3.04. The minimum Gasteiger partial charge on any atom is -0.285 e. The Morgan fingerprint density at radius 3 is 2.64 bits per heavy atom. The number of anilines is 1. The highest BCUT2D eigenvalue weighted by Crippen LogP contribution is 2.18. The fourth-order valence-electron chi connectivity index (χ4n) is 1.32. The molecule has 0 unspecified atom stereocenters. The van der Waals surface area contributed by atoms with Gasteiger partial charge in [-0.25, -0.2) is 8.78 Å². The monoisotopic (exact) mass is 198 g/mol. The van der Waals surface area contributed by atoms with E-state index in [1.165, 1.54) is 11.1 Å². The molecule has 1 heterocycles. The van der Waals surface area contributed by atoms with Crippen LogP contribution in [-0.4, -0.2) is 12.5 Å². The summed E-state index contributed by atoms with van der Waals surface area (Å²) < 4.78 is 25.4. The number of rotatable bonds is 1. The largest absolute Gasteiger partial charge is 0.285 e. The number of hydrogen-bond donors (Lipinski definition) is 1. The molecule has 0 aliphatic carbocycles. The maximum atomic E-state index is 12.8. The first-order valence-electron chi connectivity index (χ1n) is 4.19. The van der Waals surface area contributed by atoms with Crippen LogP contribution >= 0.6 is 0 Å². The van der Waals surface area contributed by atoms with E-state index in [1.54, 1.807) is 0 Å². The number of hydrogen-bond acceptors (Lipinski definition) is 2. The molecule has 1 aliphatic heterocycles. The second kappa shape index (κ2) is 3.25. The number of hydrazine groups is 1. The maximum absolute atomic E-state index is 12.8. The molecule has 1 N–H and O–H groups in total. The molecule has 5 heteroatoms. The van der Waals surface area contributed by atoms with E-state index in [9.17, 15) is 13.6 Å². The molecular weight excluding hydrogens is 190 g/mol. The van der Waals surface area contributed by atoms with Crippen LogP contribution in [0.25, 0.3) is 0 Å². The zero-order chi connectivity index (χ0) is 10.1. The summed E-state index contributed by atoms with van der Waals surface area (Å²) >= 11 is 0. The summed E-state index contributed by atoms with van der Waals surface area (Å²) in [6, 6.07) is 3.51. The van der Waals surface area contributed by atoms with E-state index in [4.69, 9.17) is 0 Å². The first-order valence-corrected chi connectivity index (χ1v) is 4.19. The molecule has 1 fully saturated rings. The van der Waals surface area contributed by atoms with Crippen molar-refractivity contribution < 1.29 is 13.6 Å². The van der Waals surface area contributed by atoms with Gasteiger partial charge in [-0.1, -0.05) is 0 Å². The molecule has 0 bridgehead atoms. The van der Waals surface area contributed by atoms with Crippen LogP contribution in [-0.2, 0) is 4.79 Å². The molecule has 1 saturated heterocycles. The van der Waals surface area contributed by atoms with Gasteiger partial charge in [0.25, 0.3) is 0 Å². The second-order valence-electron chi connectivity index (χ2n) is 3.04. The van der Waals surface area contributed by atoms with Gasteiger partial charge in [0.1, 0.15) is 0 Å². The summed E-state index contributed by atoms with van der Waals surface area (Å²) in [6.45, 7) is 0.476. The van der Waals surface area contributed by atoms with Crippen LogP contribution in [0, 0.1) is 11.6 Å². The Hall–Kier alpha value is -1.65. The van der Waals surface area contributed by atoms with Gasteiger partial charge in [-0.05, 0) is 12.1 Å². The molecule has 3 nitrogen and oxygen atoms in total. The van der Waals surface area contributed by atoms with E-state index < -0.39 is 11.6 Å². The molecule has 1 aromatic rings. The Balaban J connectivity index is 2.24. The Kier molecular flexibility index (Phi) is 2.07. The standard InChI is InChI=1S/C9H8F2N2O/c10-7-2-1-6(5-8(7)11)13-4-3-9(14)12-13/h1-2,5H,3-4H2,(H,12,14). The van der Waals surface area contributed by atoms with Crippen LogP contribution < -0.4 is 10.4 Å². The zero-order valence-electron chi connectivity index (χ0n) is 7.26. The predicted molar refractivity (Wildman–Crippen MR) is 46.5 cm³/mol. The minimum absolute atomic E-state index is 0.116. The van der Waals surface area contributed by atoms with E-state index >= 15 is 0 Å². The number of nitrogens with one attached hydrogen (secondary N) is 1. The summed E-state index contributed by atoms with van der Waals surface area (Å²) in [5.74, 6) is -1.92. The summed E-state index contributed by atoms with van der Waals surface area (Å²) in [7, 11) is 0. The third-order valence-corrected chi connectivity index (χ3v) is 2.04. The van der Waals surface area contributed by atoms with Crippen LogP contribution in [0.3, 0.4) is 0 Å². The van der Waals surface area contributed by atoms with Crippen molar-refractivity contribution >= 4 is 11.6 Å². The number of benzene rings is 1. The van der Waals surface area contributed by atoms with E-state index in [2.05, 4.69) is 5.43 Å². The third-order valence-electron chi connectivity index (χ3n) is 2.04. The molecule has 1 aromatic carbocycles. The predicted octanol–water partition coefficient (Wildman–Crippen LogP) is 1.21. The van der Waals surface area contributed by atoms with Gasteiger partial charge in [0, 0.05) is 19.0 Å². The number of nitrogens with zero attached hydrogens (tertiary/aromatic N) is 1. The summed E-state index contributed by atoms with van der Waals surface area (Å²) in [4.78, 5) is 10.9. The van der Waals surface area contributed by atoms with Crippen molar-refractivity contribution in [3.63, 3.8) is 0 Å². The van der Waals surface area contributed by atoms with Crippen molar-refractivity contribution in [2.75, 3.05) is 11.6 Å². The molecule has 0 spiro atoms. The van der Waals surface area contributed by atoms with Gasteiger partial charge in [-0.3, -0.25) is 15.2 Å². The lowest BCUT2D eigenvalue weighted by atomic mass is 10.3. The normalized spacial score (nSPS) is 15.9. The Morgan fingerprint density at radius 2 is 2.07 bits per heavy atom. The fraction of sp³-hybridized carbons (Fsp3) is 0.222. The maximum Gasteiger partial charge on any atom is 0.240 e. The highest BCUT2D eigenvalue weighted by Gasteiger charge is 2.19. The minimum atomic E-state index is -0.913. The van der Waals surface area contributed by atoms with Crippen molar-refractivity contribution in [3.05, 3.63) is 29.8 Å². The Bertz CT molecular complexity index is 381. The SMILES string of the molecule is O=C1CCN(c2ccc(F)c(F)c2)N1. The summed E-state index contributed by atoms with van der Waals surface area (Å²) in [5, 5.41) is 1.49. The lowest BCUT2D eigenvalue weighted by molar-refractivity contribution is -0.119. The van der Waals surface area contributed by atoms with Crippen LogP contribution in [0.15, 0.2) is 18.2 Å². The lowest BCUT2D eigenvalue weighted by Gasteiger charge is -2.16. The highest BCUT2D eigenvalue weighted by molar-refractivity contribution is 5.81. The zero-order valence-corrected chi connectivity index (χ0v) is 7.26. The van der Waals surface area contributed by atoms with Gasteiger partial charge in [0.05, 0.1) is 5.69 Å². The first-order chi connectivity index (χ1) is 6.66. The lowest BCUT2D eigenvalue weighted by Crippen LogP contribution is -2.32. The van der Waals surface area contributed by atoms with Crippen LogP contribution in [0.4, 0.5) is 14.5 Å². The average Bonchev–Trinajstić information content (AvgIpc) is 2.57. The van der Waals surface area contributed by atoms with Gasteiger partial charge in [0.2, 0.25) is 5.91 Å². The molecule has 1 aliphatic rings. The number of carbonyl (C=O) groups is 1. The third kappa shape index (κ3) is 1.53. The smallest absolute Gasteiger partial charge is 0.240 e. The highest BCUT2D eigenvalue weighted by atomic mass is 19.2. The molecule has 14 heavy (non-hydrogen) atoms. The van der Waals surface area contributed by atoms with Gasteiger partial charge in [-0.15, -0.1) is 0 Å². The van der Waals surface area contributed by atoms with E-state index in [0.29, 0.717) is 18.7 Å². The fourth-order valence-corrected chi connectivity index (χ4v) is 1.32. The first kappa shape index (κ1) is 8.93. The van der Waals surface area contributed by atoms with Crippen LogP contribution in [0.2, 0.25) is 0 Å². The summed E-state index contributed by atoms with van der Waals surface area (Å²) in [6.07, 6.45) is 0.374. The van der Waals surface area contributed by atoms with Gasteiger partial charge < -0.3 is 0 Å². The summed E-state index contributed by atoms with van der Waals surface area (Å²) in [5.41, 5.74) is 2.98. The van der Waals surface area contributed by atoms with Gasteiger partial charge in [0.15, 0.2) is 11.6 Å². The average molecular weight is 198 g/mol. The van der Waals surface area contributed by atoms with E-state index in [-0.39, 0.29) is 5.91 Å². The number of carbonyl (C=O) groups excluding carboxylic acids is 1. The van der Waals surface area contributed by atoms with Crippen molar-refractivity contribution in [2.24, 2.45) is 0 Å². The molecule has 0 radical (unpaired) electrons. The van der Waals surface area contributed by atoms with Crippen LogP contribution in [0.1, 0.15) is 6.42 Å². The van der Waals surface area contributed by atoms with Gasteiger partial charge >= 0.3 is 0 Å². The van der Waals surface area contributed by atoms with Crippen molar-refractivity contribution in [1.29, 1.82) is 0 Å². The van der Waals surface area contributed by atoms with E-state index in [0.717, 1.165) is 12.1 Å². The molecule has 0 atom stereocenters. The Labute approximate surface area is 79.3 Å². The molecule has 1 amide bonds. The van der Waals surface area contributed by atoms with Crippen LogP contribution in [0.5, 0.6) is 0 Å². The quantitative estimate of drug-likeness (QED) is 0.735. The van der Waals surface area contributed by atoms with Crippen molar-refractivity contribution in [3.8, 4) is 0 Å². The van der Waals surface area contributed by atoms with Crippen molar-refractivity contribution in [1.82, 2.24) is 5.43 Å². The number of halogens is 2. The molecule has 0 aromatic heterocycles. The Morgan fingerprint density at radius 1 is 1.29 bits per heavy atom. The van der Waals surface area contributed by atoms with Crippen molar-refractivity contribution in [2.45, 2.75) is 6.42 Å².